The first-order valence-corrected chi connectivity index (χ1v) is 26.4. The van der Waals surface area contributed by atoms with Gasteiger partial charge in [-0.25, -0.2) is 0 Å². The Labute approximate surface area is 426 Å². The van der Waals surface area contributed by atoms with Crippen molar-refractivity contribution >= 4 is 60.3 Å². The molecule has 2 spiro atoms. The summed E-state index contributed by atoms with van der Waals surface area (Å²) in [5, 5.41) is 2.52. The Morgan fingerprint density at radius 1 is 0.319 bits per heavy atom. The number of hydrogen-bond donors (Lipinski definition) is 0. The van der Waals surface area contributed by atoms with Gasteiger partial charge in [0.1, 0.15) is 11.5 Å². The van der Waals surface area contributed by atoms with Gasteiger partial charge < -0.3 is 9.64 Å². The van der Waals surface area contributed by atoms with Gasteiger partial charge in [0.15, 0.2) is 0 Å². The van der Waals surface area contributed by atoms with E-state index in [-0.39, 0.29) is 0 Å². The van der Waals surface area contributed by atoms with E-state index in [2.05, 4.69) is 254 Å². The summed E-state index contributed by atoms with van der Waals surface area (Å²) in [6.45, 7) is 0. The first-order chi connectivity index (χ1) is 35.7. The van der Waals surface area contributed by atoms with E-state index >= 15 is 0 Å². The second-order valence-electron chi connectivity index (χ2n) is 19.4. The van der Waals surface area contributed by atoms with Gasteiger partial charge in [0.05, 0.1) is 21.2 Å². The van der Waals surface area contributed by atoms with Crippen LogP contribution in [0.2, 0.25) is 0 Å². The first kappa shape index (κ1) is 40.3. The van der Waals surface area contributed by atoms with Crippen molar-refractivity contribution in [2.75, 3.05) is 4.90 Å². The van der Waals surface area contributed by atoms with Crippen LogP contribution in [-0.4, -0.2) is 0 Å². The van der Waals surface area contributed by atoms with E-state index in [1.54, 1.807) is 0 Å². The van der Waals surface area contributed by atoms with Crippen LogP contribution in [0.25, 0.3) is 53.6 Å². The molecule has 0 bridgehead atoms. The first-order valence-electron chi connectivity index (χ1n) is 24.7. The molecule has 4 heteroatoms. The lowest BCUT2D eigenvalue weighted by atomic mass is 9.66. The van der Waals surface area contributed by atoms with Gasteiger partial charge in [-0.1, -0.05) is 206 Å². The number of benzene rings is 11. The van der Waals surface area contributed by atoms with Crippen molar-refractivity contribution in [3.8, 4) is 44.9 Å². The topological polar surface area (TPSA) is 12.5 Å². The summed E-state index contributed by atoms with van der Waals surface area (Å²) in [6.07, 6.45) is 0. The average Bonchev–Trinajstić information content (AvgIpc) is 4.08. The minimum Gasteiger partial charge on any atom is -0.457 e. The maximum atomic E-state index is 7.02. The predicted octanol–water partition coefficient (Wildman–Crippen LogP) is 18.5. The fourth-order valence-corrected chi connectivity index (χ4v) is 15.7. The number of ether oxygens (including phenoxy) is 1. The maximum absolute atomic E-state index is 7.02. The van der Waals surface area contributed by atoms with E-state index < -0.39 is 10.8 Å². The monoisotopic (exact) mass is 951 g/mol. The van der Waals surface area contributed by atoms with Crippen molar-refractivity contribution < 1.29 is 4.74 Å². The fraction of sp³-hybridized carbons (Fsp3) is 0.0294. The smallest absolute Gasteiger partial charge is 0.132 e. The zero-order valence-electron chi connectivity index (χ0n) is 38.8. The third kappa shape index (κ3) is 5.25. The van der Waals surface area contributed by atoms with Crippen molar-refractivity contribution in [2.45, 2.75) is 20.6 Å². The molecule has 3 heterocycles. The van der Waals surface area contributed by atoms with Gasteiger partial charge in [-0.2, -0.15) is 0 Å². The van der Waals surface area contributed by atoms with Crippen LogP contribution < -0.4 is 9.64 Å². The molecule has 0 N–H and O–H groups in total. The second-order valence-corrected chi connectivity index (χ2v) is 21.5. The molecule has 2 aliphatic heterocycles. The number of hydrogen-bond acceptors (Lipinski definition) is 4. The molecule has 0 saturated heterocycles. The molecule has 336 valence electrons. The van der Waals surface area contributed by atoms with E-state index in [0.29, 0.717) is 0 Å². The van der Waals surface area contributed by atoms with Crippen LogP contribution in [0, 0.1) is 0 Å². The van der Waals surface area contributed by atoms with Crippen molar-refractivity contribution in [2.24, 2.45) is 0 Å². The van der Waals surface area contributed by atoms with Gasteiger partial charge >= 0.3 is 0 Å². The van der Waals surface area contributed by atoms with Crippen LogP contribution in [0.15, 0.2) is 259 Å². The number of rotatable bonds is 4. The Bertz CT molecular complexity index is 3980. The molecule has 1 aromatic heterocycles. The van der Waals surface area contributed by atoms with Gasteiger partial charge in [0.2, 0.25) is 0 Å². The lowest BCUT2D eigenvalue weighted by Crippen LogP contribution is -2.32. The largest absolute Gasteiger partial charge is 0.457 e. The quantitative estimate of drug-likeness (QED) is 0.174. The predicted molar refractivity (Wildman–Crippen MR) is 298 cm³/mol. The normalized spacial score (nSPS) is 14.4. The van der Waals surface area contributed by atoms with Gasteiger partial charge in [0, 0.05) is 47.8 Å². The highest BCUT2D eigenvalue weighted by atomic mass is 32.2. The zero-order chi connectivity index (χ0) is 47.1. The van der Waals surface area contributed by atoms with E-state index in [9.17, 15) is 0 Å². The van der Waals surface area contributed by atoms with Crippen LogP contribution in [0.1, 0.15) is 44.5 Å². The second kappa shape index (κ2) is 15.1. The van der Waals surface area contributed by atoms with E-state index in [1.165, 1.54) is 96.7 Å². The van der Waals surface area contributed by atoms with Crippen LogP contribution in [-0.2, 0) is 10.8 Å². The molecular formula is C68H41NOS2. The van der Waals surface area contributed by atoms with Gasteiger partial charge in [-0.05, 0) is 121 Å². The van der Waals surface area contributed by atoms with E-state index in [1.807, 2.05) is 23.1 Å². The number of nitrogens with zero attached hydrogens (tertiary/aromatic N) is 1. The number of para-hydroxylation sites is 1. The summed E-state index contributed by atoms with van der Waals surface area (Å²) in [4.78, 5) is 5.11. The molecule has 0 saturated carbocycles. The summed E-state index contributed by atoms with van der Waals surface area (Å²) in [5.74, 6) is 1.76. The van der Waals surface area contributed by atoms with Crippen molar-refractivity contribution in [3.05, 3.63) is 293 Å². The molecule has 0 radical (unpaired) electrons. The fourth-order valence-electron chi connectivity index (χ4n) is 13.2. The Kier molecular flexibility index (Phi) is 8.43. The van der Waals surface area contributed by atoms with Crippen LogP contribution in [0.3, 0.4) is 0 Å². The third-order valence-electron chi connectivity index (χ3n) is 16.0. The molecule has 0 atom stereocenters. The minimum atomic E-state index is -0.620. The summed E-state index contributed by atoms with van der Waals surface area (Å²) >= 11 is 3.78. The van der Waals surface area contributed by atoms with Crippen LogP contribution >= 0.6 is 23.1 Å². The van der Waals surface area contributed by atoms with Gasteiger partial charge in [-0.15, -0.1) is 11.3 Å². The number of fused-ring (bicyclic) bond motifs is 21. The summed E-state index contributed by atoms with van der Waals surface area (Å²) in [6, 6.07) is 92.8. The molecule has 0 unspecified atom stereocenters. The summed E-state index contributed by atoms with van der Waals surface area (Å²) < 4.78 is 9.55. The lowest BCUT2D eigenvalue weighted by molar-refractivity contribution is 0.436. The molecule has 0 amide bonds. The van der Waals surface area contributed by atoms with Crippen LogP contribution in [0.5, 0.6) is 11.5 Å². The molecule has 0 fully saturated rings. The third-order valence-corrected chi connectivity index (χ3v) is 18.4. The average molecular weight is 952 g/mol. The number of thiophene rings is 1. The summed E-state index contributed by atoms with van der Waals surface area (Å²) in [5.41, 5.74) is 19.9. The highest BCUT2D eigenvalue weighted by molar-refractivity contribution is 7.99. The Balaban J connectivity index is 1.00. The molecule has 2 nitrogen and oxygen atoms in total. The van der Waals surface area contributed by atoms with Crippen molar-refractivity contribution in [1.29, 1.82) is 0 Å². The van der Waals surface area contributed by atoms with E-state index in [0.717, 1.165) is 39.7 Å². The Hall–Kier alpha value is -8.41. The SMILES string of the molecule is c1ccc(-c2cccc3c2sc2c(N(c4ccc5c(c4)C4(c6ccccc6O5)c5ccccc5-c5ccccc54)c4ccc5c(c4)C4(c6ccccc6S5)c5ccccc5-c5ccccc54)cccc23)cc1. The summed E-state index contributed by atoms with van der Waals surface area (Å²) in [7, 11) is 0. The van der Waals surface area contributed by atoms with Crippen molar-refractivity contribution in [1.82, 2.24) is 0 Å². The molecule has 12 aromatic rings. The highest BCUT2D eigenvalue weighted by Gasteiger charge is 2.52. The standard InChI is InChI=1S/C68H41NOS2/c1-2-18-42(19-3-1)45-24-16-25-50-51-26-17-33-60(66(51)72-65(45)50)69(43-36-38-62-58(40-43)67(56-31-12-14-34-61(56)70-62)52-27-8-4-20-46(52)47-21-5-9-28-53(47)67)44-37-39-64-59(41-44)68(57-32-13-15-35-63(57)71-64)54-29-10-6-22-48(54)49-23-7-11-30-55(49)68/h1-41H. The molecule has 72 heavy (non-hydrogen) atoms. The Morgan fingerprint density at radius 2 is 0.792 bits per heavy atom. The van der Waals surface area contributed by atoms with Crippen LogP contribution in [0.4, 0.5) is 17.1 Å². The molecule has 4 aliphatic rings. The Morgan fingerprint density at radius 3 is 1.46 bits per heavy atom. The molecule has 2 aliphatic carbocycles. The molecule has 11 aromatic carbocycles. The lowest BCUT2D eigenvalue weighted by Gasteiger charge is -2.41. The minimum absolute atomic E-state index is 0.533. The molecule has 16 rings (SSSR count). The molecular weight excluding hydrogens is 911 g/mol. The highest BCUT2D eigenvalue weighted by Crippen LogP contribution is 2.65. The van der Waals surface area contributed by atoms with Crippen molar-refractivity contribution in [3.63, 3.8) is 0 Å². The van der Waals surface area contributed by atoms with Gasteiger partial charge in [-0.3, -0.25) is 0 Å². The van der Waals surface area contributed by atoms with E-state index in [4.69, 9.17) is 4.74 Å². The maximum Gasteiger partial charge on any atom is 0.132 e. The van der Waals surface area contributed by atoms with Gasteiger partial charge in [0.25, 0.3) is 0 Å². The zero-order valence-corrected chi connectivity index (χ0v) is 40.5. The number of anilines is 3.